The van der Waals surface area contributed by atoms with Crippen LogP contribution in [0.4, 0.5) is 96.6 Å². The first-order valence-electron chi connectivity index (χ1n) is 8.42. The molecule has 0 saturated heterocycles. The zero-order valence-electron chi connectivity index (χ0n) is 16.5. The average molecular weight is 610 g/mol. The second kappa shape index (κ2) is 9.26. The van der Waals surface area contributed by atoms with Gasteiger partial charge in [0.1, 0.15) is 0 Å². The van der Waals surface area contributed by atoms with Crippen molar-refractivity contribution < 1.29 is 102 Å². The smallest absolute Gasteiger partial charge is 0.385 e. The monoisotopic (exact) mass is 610 g/mol. The van der Waals surface area contributed by atoms with Gasteiger partial charge in [0.25, 0.3) is 0 Å². The predicted octanol–water partition coefficient (Wildman–Crippen LogP) is 7.38. The summed E-state index contributed by atoms with van der Waals surface area (Å²) in [4.78, 5) is 0. The summed E-state index contributed by atoms with van der Waals surface area (Å²) in [5.41, 5.74) is 0. The molecule has 0 bridgehead atoms. The highest BCUT2D eigenvalue weighted by molar-refractivity contribution is 5.18. The first-order chi connectivity index (χ1) is 15.8. The van der Waals surface area contributed by atoms with E-state index in [1.165, 1.54) is 0 Å². The minimum absolute atomic E-state index is 1.61. The molecular formula is C14H8F22O. The van der Waals surface area contributed by atoms with E-state index in [1.54, 1.807) is 0 Å². The molecular weight excluding hydrogens is 602 g/mol. The molecule has 0 aliphatic carbocycles. The molecule has 0 fully saturated rings. The predicted molar refractivity (Wildman–Crippen MR) is 71.8 cm³/mol. The number of rotatable bonds is 13. The SMILES string of the molecule is OCCCC(F)(F)C(F)(F)C(F)(F)C(F)(F)C(F)(F)C(F)(F)C(F)(F)C(F)(F)C(F)(F)C(F)(F)C(F)F. The quantitative estimate of drug-likeness (QED) is 0.216. The van der Waals surface area contributed by atoms with Crippen molar-refractivity contribution >= 4 is 0 Å². The van der Waals surface area contributed by atoms with Crippen LogP contribution in [0.5, 0.6) is 0 Å². The summed E-state index contributed by atoms with van der Waals surface area (Å²) in [6, 6.07) is 0. The molecule has 0 aromatic rings. The van der Waals surface area contributed by atoms with Gasteiger partial charge >= 0.3 is 65.7 Å². The topological polar surface area (TPSA) is 20.2 Å². The average Bonchev–Trinajstić information content (AvgIpc) is 2.70. The first kappa shape index (κ1) is 35.4. The molecule has 224 valence electrons. The third-order valence-corrected chi connectivity index (χ3v) is 4.56. The van der Waals surface area contributed by atoms with Crippen LogP contribution in [-0.4, -0.2) is 77.4 Å². The Hall–Kier alpha value is -1.58. The molecule has 0 saturated carbocycles. The van der Waals surface area contributed by atoms with Gasteiger partial charge in [0, 0.05) is 13.0 Å². The molecule has 0 amide bonds. The molecule has 0 rings (SSSR count). The summed E-state index contributed by atoms with van der Waals surface area (Å²) in [6.07, 6.45) is -10.7. The number of aliphatic hydroxyl groups excluding tert-OH is 1. The summed E-state index contributed by atoms with van der Waals surface area (Å²) >= 11 is 0. The fourth-order valence-corrected chi connectivity index (χ4v) is 2.22. The lowest BCUT2D eigenvalue weighted by molar-refractivity contribution is -0.471. The van der Waals surface area contributed by atoms with E-state index < -0.39 is 85.1 Å². The molecule has 1 N–H and O–H groups in total. The van der Waals surface area contributed by atoms with Gasteiger partial charge in [0.05, 0.1) is 0 Å². The number of aliphatic hydroxyl groups is 1. The van der Waals surface area contributed by atoms with E-state index in [2.05, 4.69) is 0 Å². The van der Waals surface area contributed by atoms with Gasteiger partial charge in [-0.05, 0) is 6.42 Å². The summed E-state index contributed by atoms with van der Waals surface area (Å²) < 4.78 is 290. The Bertz CT molecular complexity index is 797. The van der Waals surface area contributed by atoms with Crippen LogP contribution in [0.15, 0.2) is 0 Å². The van der Waals surface area contributed by atoms with Crippen molar-refractivity contribution in [1.82, 2.24) is 0 Å². The minimum atomic E-state index is -9.26. The maximum atomic E-state index is 13.5. The lowest BCUT2D eigenvalue weighted by Crippen LogP contribution is -2.77. The van der Waals surface area contributed by atoms with Crippen molar-refractivity contribution in [3.05, 3.63) is 0 Å². The number of hydrogen-bond donors (Lipinski definition) is 1. The molecule has 0 radical (unpaired) electrons. The largest absolute Gasteiger partial charge is 0.396 e. The third-order valence-electron chi connectivity index (χ3n) is 4.56. The summed E-state index contributed by atoms with van der Waals surface area (Å²) in [5, 5.41) is 8.17. The van der Waals surface area contributed by atoms with Crippen molar-refractivity contribution in [2.45, 2.75) is 78.5 Å². The lowest BCUT2D eigenvalue weighted by atomic mass is 9.85. The molecule has 0 unspecified atom stereocenters. The van der Waals surface area contributed by atoms with E-state index >= 15 is 0 Å². The normalized spacial score (nSPS) is 16.5. The molecule has 37 heavy (non-hydrogen) atoms. The van der Waals surface area contributed by atoms with E-state index in [9.17, 15) is 96.6 Å². The molecule has 23 heteroatoms. The molecule has 0 heterocycles. The second-order valence-corrected chi connectivity index (χ2v) is 7.05. The zero-order chi connectivity index (χ0) is 30.7. The van der Waals surface area contributed by atoms with Gasteiger partial charge in [0.15, 0.2) is 0 Å². The van der Waals surface area contributed by atoms with Crippen molar-refractivity contribution in [3.63, 3.8) is 0 Å². The highest BCUT2D eigenvalue weighted by Gasteiger charge is 2.97. The molecule has 0 spiro atoms. The van der Waals surface area contributed by atoms with E-state index in [-0.39, 0.29) is 0 Å². The van der Waals surface area contributed by atoms with Crippen LogP contribution in [-0.2, 0) is 0 Å². The Balaban J connectivity index is 7.06. The fraction of sp³-hybridized carbons (Fsp3) is 1.00. The van der Waals surface area contributed by atoms with Gasteiger partial charge in [-0.2, -0.15) is 87.8 Å². The van der Waals surface area contributed by atoms with Crippen LogP contribution in [0.1, 0.15) is 12.8 Å². The minimum Gasteiger partial charge on any atom is -0.396 e. The second-order valence-electron chi connectivity index (χ2n) is 7.05. The summed E-state index contributed by atoms with van der Waals surface area (Å²) in [5.74, 6) is -85.3. The first-order valence-corrected chi connectivity index (χ1v) is 8.42. The van der Waals surface area contributed by atoms with Gasteiger partial charge < -0.3 is 5.11 Å². The Morgan fingerprint density at radius 3 is 0.892 bits per heavy atom. The van der Waals surface area contributed by atoms with E-state index in [0.717, 1.165) is 0 Å². The maximum Gasteiger partial charge on any atom is 0.385 e. The Morgan fingerprint density at radius 1 is 0.405 bits per heavy atom. The van der Waals surface area contributed by atoms with Crippen molar-refractivity contribution in [2.75, 3.05) is 6.61 Å². The summed E-state index contributed by atoms with van der Waals surface area (Å²) in [7, 11) is 0. The van der Waals surface area contributed by atoms with E-state index in [0.29, 0.717) is 0 Å². The van der Waals surface area contributed by atoms with Gasteiger partial charge in [-0.1, -0.05) is 0 Å². The van der Waals surface area contributed by atoms with Gasteiger partial charge in [0.2, 0.25) is 0 Å². The van der Waals surface area contributed by atoms with Crippen molar-refractivity contribution in [3.8, 4) is 0 Å². The molecule has 0 aromatic heterocycles. The van der Waals surface area contributed by atoms with Crippen LogP contribution in [0, 0.1) is 0 Å². The van der Waals surface area contributed by atoms with Gasteiger partial charge in [-0.15, -0.1) is 0 Å². The zero-order valence-corrected chi connectivity index (χ0v) is 16.5. The van der Waals surface area contributed by atoms with Crippen LogP contribution < -0.4 is 0 Å². The van der Waals surface area contributed by atoms with Gasteiger partial charge in [-0.25, -0.2) is 8.78 Å². The number of alkyl halides is 22. The van der Waals surface area contributed by atoms with Crippen LogP contribution in [0.2, 0.25) is 0 Å². The maximum absolute atomic E-state index is 13.5. The lowest BCUT2D eigenvalue weighted by Gasteiger charge is -2.45. The van der Waals surface area contributed by atoms with Crippen LogP contribution in [0.3, 0.4) is 0 Å². The summed E-state index contributed by atoms with van der Waals surface area (Å²) in [6.45, 7) is -1.61. The molecule has 0 aromatic carbocycles. The van der Waals surface area contributed by atoms with Crippen LogP contribution in [0.25, 0.3) is 0 Å². The third kappa shape index (κ3) is 4.42. The fourth-order valence-electron chi connectivity index (χ4n) is 2.22. The van der Waals surface area contributed by atoms with Gasteiger partial charge in [-0.3, -0.25) is 0 Å². The van der Waals surface area contributed by atoms with Crippen LogP contribution >= 0.6 is 0 Å². The standard InChI is InChI=1S/C14H8F22O/c15-4(16)6(19,20)8(23,24)10(27,28)12(31,32)14(35,36)13(33,34)11(29,30)9(25,26)7(21,22)5(17,18)2-1-3-37/h4,37H,1-3H2. The van der Waals surface area contributed by atoms with Crippen molar-refractivity contribution in [1.29, 1.82) is 0 Å². The number of halogens is 22. The molecule has 0 atom stereocenters. The van der Waals surface area contributed by atoms with E-state index in [4.69, 9.17) is 5.11 Å². The van der Waals surface area contributed by atoms with Crippen molar-refractivity contribution in [2.24, 2.45) is 0 Å². The Labute approximate surface area is 188 Å². The highest BCUT2D eigenvalue weighted by atomic mass is 19.4. The molecule has 0 aliphatic heterocycles. The highest BCUT2D eigenvalue weighted by Crippen LogP contribution is 2.66. The molecule has 0 aliphatic rings. The Morgan fingerprint density at radius 2 is 0.649 bits per heavy atom. The Kier molecular flexibility index (Phi) is 8.87. The van der Waals surface area contributed by atoms with E-state index in [1.807, 2.05) is 0 Å². The molecule has 1 nitrogen and oxygen atoms in total. The number of hydrogen-bond acceptors (Lipinski definition) is 1.